The molecule has 1 atom stereocenters. The highest BCUT2D eigenvalue weighted by molar-refractivity contribution is 6.30. The van der Waals surface area contributed by atoms with Crippen LogP contribution in [0.15, 0.2) is 97.1 Å². The predicted octanol–water partition coefficient (Wildman–Crippen LogP) is 6.91. The molecule has 5 rings (SSSR count). The molecule has 0 bridgehead atoms. The number of hydrogen-bond acceptors (Lipinski definition) is 7. The van der Waals surface area contributed by atoms with Gasteiger partial charge in [-0.25, -0.2) is 9.59 Å². The number of nitro groups is 1. The van der Waals surface area contributed by atoms with Crippen LogP contribution in [-0.2, 0) is 15.9 Å². The maximum absolute atomic E-state index is 12.9. The molecule has 1 aliphatic carbocycles. The van der Waals surface area contributed by atoms with Crippen molar-refractivity contribution in [3.63, 3.8) is 0 Å². The lowest BCUT2D eigenvalue weighted by molar-refractivity contribution is -0.384. The first-order chi connectivity index (χ1) is 19.9. The van der Waals surface area contributed by atoms with Gasteiger partial charge in [0.2, 0.25) is 0 Å². The van der Waals surface area contributed by atoms with Crippen LogP contribution >= 0.6 is 11.6 Å². The Kier molecular flexibility index (Phi) is 8.45. The maximum Gasteiger partial charge on any atom is 0.513 e. The molecule has 0 fully saturated rings. The Bertz CT molecular complexity index is 1510. The smallest absolute Gasteiger partial charge is 0.449 e. The summed E-state index contributed by atoms with van der Waals surface area (Å²) < 4.78 is 16.0. The van der Waals surface area contributed by atoms with Crippen LogP contribution < -0.4 is 10.1 Å². The number of carbonyl (C=O) groups excluding carboxylic acids is 2. The Morgan fingerprint density at radius 2 is 1.46 bits per heavy atom. The molecule has 0 aromatic heterocycles. The van der Waals surface area contributed by atoms with Gasteiger partial charge in [-0.15, -0.1) is 0 Å². The minimum Gasteiger partial charge on any atom is -0.449 e. The standard InChI is InChI=1S/C31H25ClN2O7/c32-21-11-9-20(10-12-21)17-22(18-40-31(36)41-24-15-13-23(14-16-24)34(37)38)33-30(35)39-19-29-27-7-3-1-5-25(27)26-6-2-4-8-28(26)29/h1-16,22,29H,17-19H2,(H,33,35)/t22-/m0/s1. The van der Waals surface area contributed by atoms with Gasteiger partial charge < -0.3 is 19.5 Å². The molecule has 0 unspecified atom stereocenters. The number of alkyl carbamates (subject to hydrolysis) is 1. The Morgan fingerprint density at radius 1 is 0.854 bits per heavy atom. The van der Waals surface area contributed by atoms with E-state index in [-0.39, 0.29) is 30.6 Å². The van der Waals surface area contributed by atoms with E-state index in [0.29, 0.717) is 11.4 Å². The maximum atomic E-state index is 12.9. The lowest BCUT2D eigenvalue weighted by atomic mass is 9.98. The SMILES string of the molecule is O=C(N[C@H](COC(=O)Oc1ccc([N+](=O)[O-])cc1)Cc1ccc(Cl)cc1)OCC1c2ccccc2-c2ccccc21. The Hall–Kier alpha value is -4.89. The molecule has 0 saturated heterocycles. The molecule has 9 nitrogen and oxygen atoms in total. The lowest BCUT2D eigenvalue weighted by Gasteiger charge is -2.20. The lowest BCUT2D eigenvalue weighted by Crippen LogP contribution is -2.41. The van der Waals surface area contributed by atoms with Gasteiger partial charge in [0.15, 0.2) is 0 Å². The predicted molar refractivity (Wildman–Crippen MR) is 152 cm³/mol. The van der Waals surface area contributed by atoms with E-state index in [4.69, 9.17) is 25.8 Å². The number of ether oxygens (including phenoxy) is 3. The number of non-ortho nitro benzene ring substituents is 1. The van der Waals surface area contributed by atoms with Crippen molar-refractivity contribution < 1.29 is 28.7 Å². The molecule has 1 amide bonds. The van der Waals surface area contributed by atoms with Crippen molar-refractivity contribution in [2.45, 2.75) is 18.4 Å². The first-order valence-corrected chi connectivity index (χ1v) is 13.2. The number of fused-ring (bicyclic) bond motifs is 3. The third kappa shape index (κ3) is 6.82. The van der Waals surface area contributed by atoms with E-state index in [9.17, 15) is 19.7 Å². The molecule has 0 spiro atoms. The normalized spacial score (nSPS) is 12.5. The number of nitrogens with zero attached hydrogens (tertiary/aromatic N) is 1. The molecular formula is C31H25ClN2O7. The number of hydrogen-bond donors (Lipinski definition) is 1. The van der Waals surface area contributed by atoms with Gasteiger partial charge in [0, 0.05) is 23.1 Å². The summed E-state index contributed by atoms with van der Waals surface area (Å²) in [4.78, 5) is 35.5. The van der Waals surface area contributed by atoms with Gasteiger partial charge in [-0.1, -0.05) is 72.3 Å². The van der Waals surface area contributed by atoms with Gasteiger partial charge in [0.1, 0.15) is 19.0 Å². The van der Waals surface area contributed by atoms with Crippen molar-refractivity contribution in [1.29, 1.82) is 0 Å². The zero-order valence-corrected chi connectivity index (χ0v) is 22.5. The summed E-state index contributed by atoms with van der Waals surface area (Å²) in [5, 5.41) is 14.2. The summed E-state index contributed by atoms with van der Waals surface area (Å²) in [5.74, 6) is -0.0184. The number of nitro benzene ring substituents is 1. The molecule has 4 aromatic carbocycles. The van der Waals surface area contributed by atoms with Gasteiger partial charge in [0.25, 0.3) is 5.69 Å². The van der Waals surface area contributed by atoms with Crippen molar-refractivity contribution in [3.8, 4) is 16.9 Å². The number of amides is 1. The molecule has 0 aliphatic heterocycles. The second-order valence-corrected chi connectivity index (χ2v) is 9.85. The van der Waals surface area contributed by atoms with Crippen molar-refractivity contribution >= 4 is 29.5 Å². The van der Waals surface area contributed by atoms with Gasteiger partial charge in [-0.3, -0.25) is 10.1 Å². The largest absolute Gasteiger partial charge is 0.513 e. The molecule has 1 aliphatic rings. The molecule has 0 radical (unpaired) electrons. The van der Waals surface area contributed by atoms with Crippen molar-refractivity contribution in [3.05, 3.63) is 129 Å². The molecule has 208 valence electrons. The second-order valence-electron chi connectivity index (χ2n) is 9.41. The van der Waals surface area contributed by atoms with Crippen LogP contribution in [0.5, 0.6) is 5.75 Å². The quantitative estimate of drug-likeness (QED) is 0.100. The number of benzene rings is 4. The van der Waals surface area contributed by atoms with Gasteiger partial charge in [-0.05, 0) is 58.5 Å². The highest BCUT2D eigenvalue weighted by Crippen LogP contribution is 2.44. The van der Waals surface area contributed by atoms with Crippen molar-refractivity contribution in [2.75, 3.05) is 13.2 Å². The average Bonchev–Trinajstić information content (AvgIpc) is 3.30. The minimum atomic E-state index is -1.02. The Balaban J connectivity index is 1.21. The molecule has 0 heterocycles. The minimum absolute atomic E-state index is 0.0827. The fourth-order valence-corrected chi connectivity index (χ4v) is 4.92. The second kappa shape index (κ2) is 12.5. The molecule has 4 aromatic rings. The number of nitrogens with one attached hydrogen (secondary N) is 1. The van der Waals surface area contributed by atoms with Gasteiger partial charge >= 0.3 is 12.2 Å². The topological polar surface area (TPSA) is 117 Å². The van der Waals surface area contributed by atoms with E-state index in [2.05, 4.69) is 17.4 Å². The van der Waals surface area contributed by atoms with E-state index in [0.717, 1.165) is 27.8 Å². The Labute approximate surface area is 240 Å². The number of halogens is 1. The van der Waals surface area contributed by atoms with Crippen molar-refractivity contribution in [2.24, 2.45) is 0 Å². The summed E-state index contributed by atoms with van der Waals surface area (Å²) in [7, 11) is 0. The van der Waals surface area contributed by atoms with E-state index in [1.165, 1.54) is 24.3 Å². The zero-order chi connectivity index (χ0) is 28.8. The van der Waals surface area contributed by atoms with Gasteiger partial charge in [0.05, 0.1) is 11.0 Å². The number of carbonyl (C=O) groups is 2. The molecule has 10 heteroatoms. The third-order valence-corrected chi connectivity index (χ3v) is 6.96. The molecule has 1 N–H and O–H groups in total. The summed E-state index contributed by atoms with van der Waals surface area (Å²) >= 11 is 6.00. The van der Waals surface area contributed by atoms with E-state index in [1.807, 2.05) is 48.5 Å². The highest BCUT2D eigenvalue weighted by atomic mass is 35.5. The zero-order valence-electron chi connectivity index (χ0n) is 21.7. The first kappa shape index (κ1) is 27.7. The first-order valence-electron chi connectivity index (χ1n) is 12.8. The van der Waals surface area contributed by atoms with Gasteiger partial charge in [-0.2, -0.15) is 0 Å². The average molecular weight is 573 g/mol. The van der Waals surface area contributed by atoms with Crippen LogP contribution in [0, 0.1) is 10.1 Å². The highest BCUT2D eigenvalue weighted by Gasteiger charge is 2.29. The third-order valence-electron chi connectivity index (χ3n) is 6.71. The van der Waals surface area contributed by atoms with Crippen LogP contribution in [0.25, 0.3) is 11.1 Å². The van der Waals surface area contributed by atoms with E-state index >= 15 is 0 Å². The summed E-state index contributed by atoms with van der Waals surface area (Å²) in [5.41, 5.74) is 5.15. The Morgan fingerprint density at radius 3 is 2.07 bits per heavy atom. The van der Waals surface area contributed by atoms with Crippen molar-refractivity contribution in [1.82, 2.24) is 5.32 Å². The van der Waals surface area contributed by atoms with Crippen LogP contribution in [-0.4, -0.2) is 36.4 Å². The molecule has 41 heavy (non-hydrogen) atoms. The fraction of sp³-hybridized carbons (Fsp3) is 0.161. The monoisotopic (exact) mass is 572 g/mol. The van der Waals surface area contributed by atoms with Crippen LogP contribution in [0.3, 0.4) is 0 Å². The fourth-order valence-electron chi connectivity index (χ4n) is 4.79. The summed E-state index contributed by atoms with van der Waals surface area (Å²) in [6.07, 6.45) is -1.35. The van der Waals surface area contributed by atoms with Crippen LogP contribution in [0.4, 0.5) is 15.3 Å². The van der Waals surface area contributed by atoms with Crippen LogP contribution in [0.1, 0.15) is 22.6 Å². The molecular weight excluding hydrogens is 548 g/mol. The summed E-state index contributed by atoms with van der Waals surface area (Å²) in [6, 6.07) is 27.5. The van der Waals surface area contributed by atoms with E-state index < -0.39 is 23.2 Å². The van der Waals surface area contributed by atoms with Crippen LogP contribution in [0.2, 0.25) is 5.02 Å². The van der Waals surface area contributed by atoms with E-state index in [1.54, 1.807) is 12.1 Å². The number of rotatable bonds is 9. The molecule has 0 saturated carbocycles. The summed E-state index contributed by atoms with van der Waals surface area (Å²) in [6.45, 7) is -0.0742.